The number of halogens is 3. The largest absolute Gasteiger partial charge is 0.327 e. The summed E-state index contributed by atoms with van der Waals surface area (Å²) in [5.74, 6) is -0.199. The Bertz CT molecular complexity index is 660. The summed E-state index contributed by atoms with van der Waals surface area (Å²) in [5.41, 5.74) is 6.02. The summed E-state index contributed by atoms with van der Waals surface area (Å²) >= 11 is 11.8. The van der Waals surface area contributed by atoms with E-state index in [0.29, 0.717) is 13.1 Å². The third-order valence-electron chi connectivity index (χ3n) is 4.44. The number of hydrogen-bond acceptors (Lipinski definition) is 3. The van der Waals surface area contributed by atoms with Crippen molar-refractivity contribution in [1.29, 1.82) is 0 Å². The van der Waals surface area contributed by atoms with Gasteiger partial charge in [-0.25, -0.2) is 12.8 Å². The van der Waals surface area contributed by atoms with Gasteiger partial charge in [0.15, 0.2) is 0 Å². The van der Waals surface area contributed by atoms with Crippen LogP contribution in [0, 0.1) is 17.7 Å². The zero-order valence-electron chi connectivity index (χ0n) is 11.1. The first-order chi connectivity index (χ1) is 9.80. The zero-order chi connectivity index (χ0) is 15.4. The highest BCUT2D eigenvalue weighted by Crippen LogP contribution is 2.41. The van der Waals surface area contributed by atoms with Crippen molar-refractivity contribution in [2.75, 3.05) is 13.1 Å². The van der Waals surface area contributed by atoms with Crippen molar-refractivity contribution in [3.63, 3.8) is 0 Å². The minimum atomic E-state index is -3.84. The fraction of sp³-hybridized carbons (Fsp3) is 0.538. The normalized spacial score (nSPS) is 29.8. The molecule has 0 amide bonds. The molecule has 1 aliphatic heterocycles. The van der Waals surface area contributed by atoms with E-state index >= 15 is 0 Å². The average Bonchev–Trinajstić information content (AvgIpc) is 2.90. The summed E-state index contributed by atoms with van der Waals surface area (Å²) in [5, 5.41) is -0.386. The molecule has 1 aromatic rings. The van der Waals surface area contributed by atoms with Gasteiger partial charge in [-0.1, -0.05) is 23.2 Å². The van der Waals surface area contributed by atoms with Crippen LogP contribution >= 0.6 is 23.2 Å². The highest BCUT2D eigenvalue weighted by molar-refractivity contribution is 7.89. The van der Waals surface area contributed by atoms with Crippen molar-refractivity contribution in [2.45, 2.75) is 23.8 Å². The molecule has 1 aromatic carbocycles. The van der Waals surface area contributed by atoms with E-state index in [-0.39, 0.29) is 32.8 Å². The number of nitrogens with zero attached hydrogens (tertiary/aromatic N) is 1. The van der Waals surface area contributed by atoms with Crippen LogP contribution in [0.2, 0.25) is 10.0 Å². The summed E-state index contributed by atoms with van der Waals surface area (Å²) < 4.78 is 40.0. The SMILES string of the molecule is NC1CCC2CN(S(=O)(=O)c3c(Cl)cc(F)cc3Cl)CC12. The highest BCUT2D eigenvalue weighted by Gasteiger charge is 2.45. The van der Waals surface area contributed by atoms with Crippen molar-refractivity contribution in [3.05, 3.63) is 28.0 Å². The first kappa shape index (κ1) is 15.5. The van der Waals surface area contributed by atoms with E-state index < -0.39 is 15.8 Å². The van der Waals surface area contributed by atoms with Crippen LogP contribution in [-0.4, -0.2) is 31.9 Å². The van der Waals surface area contributed by atoms with Gasteiger partial charge < -0.3 is 5.73 Å². The minimum Gasteiger partial charge on any atom is -0.327 e. The Labute approximate surface area is 133 Å². The molecular formula is C13H15Cl2FN2O2S. The molecule has 1 aliphatic carbocycles. The van der Waals surface area contributed by atoms with Gasteiger partial charge in [-0.05, 0) is 36.8 Å². The molecule has 3 rings (SSSR count). The Hall–Kier alpha value is -0.400. The first-order valence-electron chi connectivity index (χ1n) is 6.71. The topological polar surface area (TPSA) is 63.4 Å². The Morgan fingerprint density at radius 2 is 1.81 bits per heavy atom. The van der Waals surface area contributed by atoms with Gasteiger partial charge in [0.1, 0.15) is 10.7 Å². The van der Waals surface area contributed by atoms with Crippen LogP contribution in [0.15, 0.2) is 17.0 Å². The molecule has 0 bridgehead atoms. The van der Waals surface area contributed by atoms with Crippen molar-refractivity contribution in [3.8, 4) is 0 Å². The molecule has 0 radical (unpaired) electrons. The molecule has 1 saturated carbocycles. The van der Waals surface area contributed by atoms with Crippen LogP contribution in [0.5, 0.6) is 0 Å². The summed E-state index contributed by atoms with van der Waals surface area (Å²) in [6, 6.07) is 1.96. The third-order valence-corrected chi connectivity index (χ3v) is 7.19. The molecule has 4 nitrogen and oxygen atoms in total. The molecule has 116 valence electrons. The van der Waals surface area contributed by atoms with E-state index in [4.69, 9.17) is 28.9 Å². The first-order valence-corrected chi connectivity index (χ1v) is 8.90. The Kier molecular flexibility index (Phi) is 3.95. The summed E-state index contributed by atoms with van der Waals surface area (Å²) in [7, 11) is -3.84. The summed E-state index contributed by atoms with van der Waals surface area (Å²) in [6.45, 7) is 0.795. The molecular weight excluding hydrogens is 338 g/mol. The van der Waals surface area contributed by atoms with Crippen molar-refractivity contribution in [2.24, 2.45) is 17.6 Å². The van der Waals surface area contributed by atoms with Crippen LogP contribution in [0.1, 0.15) is 12.8 Å². The molecule has 2 fully saturated rings. The van der Waals surface area contributed by atoms with Crippen LogP contribution in [0.3, 0.4) is 0 Å². The molecule has 0 aromatic heterocycles. The molecule has 0 spiro atoms. The average molecular weight is 353 g/mol. The zero-order valence-corrected chi connectivity index (χ0v) is 13.4. The van der Waals surface area contributed by atoms with Gasteiger partial charge in [0, 0.05) is 19.1 Å². The summed E-state index contributed by atoms with van der Waals surface area (Å²) in [4.78, 5) is -0.222. The Morgan fingerprint density at radius 1 is 1.19 bits per heavy atom. The van der Waals surface area contributed by atoms with E-state index in [0.717, 1.165) is 25.0 Å². The molecule has 2 aliphatic rings. The van der Waals surface area contributed by atoms with E-state index in [1.54, 1.807) is 0 Å². The second-order valence-corrected chi connectivity index (χ2v) is 8.37. The van der Waals surface area contributed by atoms with E-state index in [2.05, 4.69) is 0 Å². The monoisotopic (exact) mass is 352 g/mol. The van der Waals surface area contributed by atoms with E-state index in [1.807, 2.05) is 0 Å². The number of nitrogens with two attached hydrogens (primary N) is 1. The predicted molar refractivity (Wildman–Crippen MR) is 79.4 cm³/mol. The number of sulfonamides is 1. The fourth-order valence-corrected chi connectivity index (χ4v) is 6.04. The fourth-order valence-electron chi connectivity index (χ4n) is 3.37. The van der Waals surface area contributed by atoms with Crippen LogP contribution in [0.4, 0.5) is 4.39 Å². The van der Waals surface area contributed by atoms with Gasteiger partial charge in [0.05, 0.1) is 10.0 Å². The number of rotatable bonds is 2. The maximum absolute atomic E-state index is 13.2. The molecule has 21 heavy (non-hydrogen) atoms. The smallest absolute Gasteiger partial charge is 0.246 e. The quantitative estimate of drug-likeness (QED) is 0.889. The lowest BCUT2D eigenvalue weighted by Gasteiger charge is -2.20. The van der Waals surface area contributed by atoms with E-state index in [9.17, 15) is 12.8 Å². The van der Waals surface area contributed by atoms with Gasteiger partial charge in [-0.15, -0.1) is 0 Å². The Morgan fingerprint density at radius 3 is 2.38 bits per heavy atom. The standard InChI is InChI=1S/C13H15Cl2FN2O2S/c14-10-3-8(16)4-11(15)13(10)21(19,20)18-5-7-1-2-12(17)9(7)6-18/h3-4,7,9,12H,1-2,5-6,17H2. The van der Waals surface area contributed by atoms with Crippen molar-refractivity contribution in [1.82, 2.24) is 4.31 Å². The van der Waals surface area contributed by atoms with Gasteiger partial charge in [-0.3, -0.25) is 0 Å². The van der Waals surface area contributed by atoms with E-state index in [1.165, 1.54) is 4.31 Å². The number of fused-ring (bicyclic) bond motifs is 1. The second-order valence-electron chi connectivity index (χ2n) is 5.69. The lowest BCUT2D eigenvalue weighted by atomic mass is 9.98. The molecule has 2 N–H and O–H groups in total. The van der Waals surface area contributed by atoms with Crippen molar-refractivity contribution < 1.29 is 12.8 Å². The second kappa shape index (κ2) is 5.35. The molecule has 8 heteroatoms. The van der Waals surface area contributed by atoms with Gasteiger partial charge in [0.25, 0.3) is 0 Å². The lowest BCUT2D eigenvalue weighted by Crippen LogP contribution is -2.33. The summed E-state index contributed by atoms with van der Waals surface area (Å²) in [6.07, 6.45) is 1.87. The molecule has 3 atom stereocenters. The van der Waals surface area contributed by atoms with Crippen molar-refractivity contribution >= 4 is 33.2 Å². The maximum Gasteiger partial charge on any atom is 0.246 e. The Balaban J connectivity index is 1.96. The number of benzene rings is 1. The minimum absolute atomic E-state index is 0.0364. The van der Waals surface area contributed by atoms with Crippen LogP contribution < -0.4 is 5.73 Å². The predicted octanol–water partition coefficient (Wildman–Crippen LogP) is 2.49. The molecule has 1 saturated heterocycles. The maximum atomic E-state index is 13.2. The third kappa shape index (κ3) is 2.57. The van der Waals surface area contributed by atoms with Gasteiger partial charge in [-0.2, -0.15) is 4.31 Å². The van der Waals surface area contributed by atoms with Crippen LogP contribution in [-0.2, 0) is 10.0 Å². The van der Waals surface area contributed by atoms with Crippen LogP contribution in [0.25, 0.3) is 0 Å². The lowest BCUT2D eigenvalue weighted by molar-refractivity contribution is 0.427. The van der Waals surface area contributed by atoms with Gasteiger partial charge >= 0.3 is 0 Å². The highest BCUT2D eigenvalue weighted by atomic mass is 35.5. The van der Waals surface area contributed by atoms with Gasteiger partial charge in [0.2, 0.25) is 10.0 Å². The molecule has 1 heterocycles. The number of hydrogen-bond donors (Lipinski definition) is 1. The molecule has 3 unspecified atom stereocenters.